The van der Waals surface area contributed by atoms with Gasteiger partial charge in [0, 0.05) is 30.9 Å². The van der Waals surface area contributed by atoms with Gasteiger partial charge in [-0.25, -0.2) is 9.37 Å². The van der Waals surface area contributed by atoms with E-state index in [9.17, 15) is 9.65 Å². The summed E-state index contributed by atoms with van der Waals surface area (Å²) in [5.41, 5.74) is 8.89. The molecule has 0 saturated carbocycles. The van der Waals surface area contributed by atoms with Crippen LogP contribution in [0.1, 0.15) is 29.8 Å². The molecule has 2 aliphatic rings. The number of halogens is 1. The Labute approximate surface area is 203 Å². The smallest absolute Gasteiger partial charge is 0.224 e. The van der Waals surface area contributed by atoms with Gasteiger partial charge in [-0.3, -0.25) is 4.98 Å². The first-order valence-corrected chi connectivity index (χ1v) is 11.7. The average molecular weight is 475 g/mol. The molecule has 0 atom stereocenters. The van der Waals surface area contributed by atoms with Crippen LogP contribution < -0.4 is 15.4 Å². The molecule has 3 aromatic rings. The molecule has 2 N–H and O–H groups in total. The quantitative estimate of drug-likeness (QED) is 0.576. The van der Waals surface area contributed by atoms with Crippen LogP contribution in [0.3, 0.4) is 0 Å². The molecule has 0 radical (unpaired) electrons. The van der Waals surface area contributed by atoms with E-state index in [1.165, 1.54) is 0 Å². The van der Waals surface area contributed by atoms with Gasteiger partial charge in [-0.2, -0.15) is 10.2 Å². The predicted molar refractivity (Wildman–Crippen MR) is 129 cm³/mol. The molecule has 2 aliphatic heterocycles. The second-order valence-corrected chi connectivity index (χ2v) is 9.28. The predicted octanol–water partition coefficient (Wildman–Crippen LogP) is 3.72. The number of aryl methyl sites for hydroxylation is 1. The summed E-state index contributed by atoms with van der Waals surface area (Å²) in [6.07, 6.45) is 2.70. The fraction of sp³-hybridized carbons (Fsp3) is 0.385. The minimum Gasteiger partial charge on any atom is -0.438 e. The second kappa shape index (κ2) is 9.56. The number of alkyl halides is 1. The van der Waals surface area contributed by atoms with Gasteiger partial charge in [-0.15, -0.1) is 0 Å². The molecule has 2 aromatic heterocycles. The minimum absolute atomic E-state index is 0.325. The molecular weight excluding hydrogens is 447 g/mol. The molecule has 0 bridgehead atoms. The van der Waals surface area contributed by atoms with Crippen LogP contribution in [0.25, 0.3) is 11.3 Å². The fourth-order valence-corrected chi connectivity index (χ4v) is 4.38. The Bertz CT molecular complexity index is 1250. The van der Waals surface area contributed by atoms with E-state index in [4.69, 9.17) is 15.2 Å². The zero-order chi connectivity index (χ0) is 24.4. The molecule has 2 fully saturated rings. The molecule has 5 rings (SSSR count). The molecule has 4 heterocycles. The Morgan fingerprint density at radius 2 is 2.00 bits per heavy atom. The van der Waals surface area contributed by atoms with Crippen molar-refractivity contribution in [3.05, 3.63) is 59.5 Å². The lowest BCUT2D eigenvalue weighted by Gasteiger charge is -2.37. The molecule has 0 unspecified atom stereocenters. The molecule has 2 saturated heterocycles. The summed E-state index contributed by atoms with van der Waals surface area (Å²) in [5.74, 6) is 2.09. The van der Waals surface area contributed by atoms with Gasteiger partial charge >= 0.3 is 0 Å². The third kappa shape index (κ3) is 5.24. The summed E-state index contributed by atoms with van der Waals surface area (Å²) in [6, 6.07) is 13.1. The second-order valence-electron chi connectivity index (χ2n) is 9.28. The highest BCUT2D eigenvalue weighted by Crippen LogP contribution is 2.34. The van der Waals surface area contributed by atoms with Crippen LogP contribution in [0.5, 0.6) is 11.6 Å². The van der Waals surface area contributed by atoms with Crippen molar-refractivity contribution in [1.29, 1.82) is 5.26 Å². The molecule has 9 heteroatoms. The summed E-state index contributed by atoms with van der Waals surface area (Å²) in [7, 11) is 0. The van der Waals surface area contributed by atoms with Gasteiger partial charge in [-0.05, 0) is 56.0 Å². The first kappa shape index (κ1) is 23.1. The monoisotopic (exact) mass is 474 g/mol. The lowest BCUT2D eigenvalue weighted by molar-refractivity contribution is -0.0529. The maximum Gasteiger partial charge on any atom is 0.224 e. The first-order chi connectivity index (χ1) is 16.9. The van der Waals surface area contributed by atoms with E-state index in [2.05, 4.69) is 21.0 Å². The lowest BCUT2D eigenvalue weighted by Crippen LogP contribution is -2.58. The normalized spacial score (nSPS) is 17.5. The van der Waals surface area contributed by atoms with Crippen LogP contribution in [-0.4, -0.2) is 53.0 Å². The highest BCUT2D eigenvalue weighted by Gasteiger charge is 2.34. The van der Waals surface area contributed by atoms with E-state index in [-0.39, 0.29) is 5.54 Å². The van der Waals surface area contributed by atoms with Crippen molar-refractivity contribution in [3.63, 3.8) is 0 Å². The van der Waals surface area contributed by atoms with Crippen LogP contribution in [0.4, 0.5) is 10.2 Å². The summed E-state index contributed by atoms with van der Waals surface area (Å²) in [5, 5.41) is 9.44. The van der Waals surface area contributed by atoms with Crippen molar-refractivity contribution in [2.75, 3.05) is 31.2 Å². The van der Waals surface area contributed by atoms with Gasteiger partial charge in [0.05, 0.1) is 36.1 Å². The highest BCUT2D eigenvalue weighted by atomic mass is 19.1. The number of rotatable bonds is 6. The molecule has 35 heavy (non-hydrogen) atoms. The molecule has 1 aromatic carbocycles. The van der Waals surface area contributed by atoms with Crippen molar-refractivity contribution in [2.45, 2.75) is 37.9 Å². The molecule has 0 aliphatic carbocycles. The van der Waals surface area contributed by atoms with E-state index in [0.717, 1.165) is 11.1 Å². The largest absolute Gasteiger partial charge is 0.438 e. The van der Waals surface area contributed by atoms with Gasteiger partial charge in [0.1, 0.15) is 23.6 Å². The van der Waals surface area contributed by atoms with E-state index >= 15 is 0 Å². The summed E-state index contributed by atoms with van der Waals surface area (Å²) in [4.78, 5) is 15.6. The van der Waals surface area contributed by atoms with Crippen molar-refractivity contribution in [1.82, 2.24) is 15.0 Å². The SMILES string of the molecule is Cc1nc(Oc2cc(C#N)ccc2-c2ccc(CC3(N)COC3)cn2)cc(N2CCC(F)CC2)n1. The average Bonchev–Trinajstić information content (AvgIpc) is 2.84. The third-order valence-corrected chi connectivity index (χ3v) is 6.31. The number of hydrogen-bond acceptors (Lipinski definition) is 8. The number of nitrogens with zero attached hydrogens (tertiary/aromatic N) is 5. The zero-order valence-electron chi connectivity index (χ0n) is 19.6. The van der Waals surface area contributed by atoms with Crippen LogP contribution in [0.15, 0.2) is 42.6 Å². The standard InChI is InChI=1S/C26H27FN6O2/c1-17-31-24(33-8-6-20(27)7-9-33)11-25(32-17)35-23-10-18(13-28)2-4-21(23)22-5-3-19(14-30-22)12-26(29)15-34-16-26/h2-5,10-11,14,20H,6-9,12,15-16,29H2,1H3. The van der Waals surface area contributed by atoms with E-state index in [0.29, 0.717) is 80.1 Å². The minimum atomic E-state index is -0.766. The Hall–Kier alpha value is -3.61. The van der Waals surface area contributed by atoms with Crippen LogP contribution in [0.2, 0.25) is 0 Å². The topological polar surface area (TPSA) is 110 Å². The maximum atomic E-state index is 13.6. The Morgan fingerprint density at radius 1 is 1.20 bits per heavy atom. The molecular formula is C26H27FN6O2. The third-order valence-electron chi connectivity index (χ3n) is 6.31. The van der Waals surface area contributed by atoms with Crippen molar-refractivity contribution >= 4 is 5.82 Å². The number of pyridine rings is 1. The Morgan fingerprint density at radius 3 is 2.66 bits per heavy atom. The zero-order valence-corrected chi connectivity index (χ0v) is 19.6. The van der Waals surface area contributed by atoms with Gasteiger partial charge < -0.3 is 20.1 Å². The number of anilines is 1. The number of ether oxygens (including phenoxy) is 2. The van der Waals surface area contributed by atoms with Gasteiger partial charge in [0.2, 0.25) is 5.88 Å². The number of aromatic nitrogens is 3. The summed E-state index contributed by atoms with van der Waals surface area (Å²) < 4.78 is 25.0. The number of nitrogens with two attached hydrogens (primary N) is 1. The van der Waals surface area contributed by atoms with Crippen LogP contribution in [-0.2, 0) is 11.2 Å². The van der Waals surface area contributed by atoms with Gasteiger partial charge in [-0.1, -0.05) is 6.07 Å². The Balaban J connectivity index is 1.42. The maximum absolute atomic E-state index is 13.6. The summed E-state index contributed by atoms with van der Waals surface area (Å²) in [6.45, 7) is 4.09. The molecule has 180 valence electrons. The fourth-order valence-electron chi connectivity index (χ4n) is 4.38. The highest BCUT2D eigenvalue weighted by molar-refractivity contribution is 5.69. The number of nitriles is 1. The summed E-state index contributed by atoms with van der Waals surface area (Å²) >= 11 is 0. The lowest BCUT2D eigenvalue weighted by atomic mass is 9.91. The van der Waals surface area contributed by atoms with Crippen LogP contribution in [0, 0.1) is 18.3 Å². The molecule has 0 amide bonds. The number of piperidine rings is 1. The van der Waals surface area contributed by atoms with Crippen molar-refractivity contribution < 1.29 is 13.9 Å². The van der Waals surface area contributed by atoms with E-state index in [1.807, 2.05) is 29.3 Å². The number of benzene rings is 1. The van der Waals surface area contributed by atoms with Gasteiger partial charge in [0.15, 0.2) is 0 Å². The van der Waals surface area contributed by atoms with Crippen LogP contribution >= 0.6 is 0 Å². The molecule has 8 nitrogen and oxygen atoms in total. The number of hydrogen-bond donors (Lipinski definition) is 1. The van der Waals surface area contributed by atoms with E-state index in [1.54, 1.807) is 25.1 Å². The Kier molecular flexibility index (Phi) is 6.32. The molecule has 0 spiro atoms. The van der Waals surface area contributed by atoms with Gasteiger partial charge in [0.25, 0.3) is 0 Å². The first-order valence-electron chi connectivity index (χ1n) is 11.7. The van der Waals surface area contributed by atoms with Crippen molar-refractivity contribution in [2.24, 2.45) is 5.73 Å². The van der Waals surface area contributed by atoms with Crippen molar-refractivity contribution in [3.8, 4) is 29.0 Å². The van der Waals surface area contributed by atoms with E-state index < -0.39 is 6.17 Å².